The lowest BCUT2D eigenvalue weighted by Gasteiger charge is -2.37. The van der Waals surface area contributed by atoms with Gasteiger partial charge < -0.3 is 20.1 Å². The van der Waals surface area contributed by atoms with Crippen LogP contribution < -0.4 is 10.6 Å². The number of methoxy groups -OCH3 is 1. The Labute approximate surface area is 115 Å². The largest absolute Gasteiger partial charge is 0.384 e. The van der Waals surface area contributed by atoms with E-state index in [1.165, 1.54) is 0 Å². The predicted octanol–water partition coefficient (Wildman–Crippen LogP) is 0.688. The summed E-state index contributed by atoms with van der Waals surface area (Å²) >= 11 is 0. The molecule has 0 aromatic carbocycles. The van der Waals surface area contributed by atoms with E-state index in [2.05, 4.69) is 10.6 Å². The fraction of sp³-hybridized carbons (Fsp3) is 0.929. The number of rotatable bonds is 6. The van der Waals surface area contributed by atoms with E-state index in [0.717, 1.165) is 52.0 Å². The second-order valence-corrected chi connectivity index (χ2v) is 5.80. The molecule has 1 unspecified atom stereocenters. The molecule has 1 amide bonds. The summed E-state index contributed by atoms with van der Waals surface area (Å²) in [7, 11) is 1.73. The molecule has 2 aliphatic rings. The first-order valence-electron chi connectivity index (χ1n) is 7.32. The smallest absolute Gasteiger partial charge is 0.222 e. The highest BCUT2D eigenvalue weighted by molar-refractivity contribution is 5.76. The summed E-state index contributed by atoms with van der Waals surface area (Å²) in [6.07, 6.45) is 4.84. The number of ether oxygens (including phenoxy) is 2. The standard InChI is InChI=1S/C14H26N2O3/c1-18-11-14(4-6-15-7-5-14)10-16-13(17)9-12-3-2-8-19-12/h12,15H,2-11H2,1H3,(H,16,17). The van der Waals surface area contributed by atoms with Gasteiger partial charge in [-0.15, -0.1) is 0 Å². The maximum absolute atomic E-state index is 11.9. The Hall–Kier alpha value is -0.650. The van der Waals surface area contributed by atoms with Crippen LogP contribution in [0.15, 0.2) is 0 Å². The summed E-state index contributed by atoms with van der Waals surface area (Å²) < 4.78 is 10.8. The van der Waals surface area contributed by atoms with Gasteiger partial charge in [-0.3, -0.25) is 4.79 Å². The van der Waals surface area contributed by atoms with E-state index in [9.17, 15) is 4.79 Å². The molecule has 2 rings (SSSR count). The van der Waals surface area contributed by atoms with Crippen molar-refractivity contribution in [2.45, 2.75) is 38.2 Å². The summed E-state index contributed by atoms with van der Waals surface area (Å²) in [4.78, 5) is 11.9. The molecule has 0 aromatic rings. The molecule has 0 radical (unpaired) electrons. The van der Waals surface area contributed by atoms with Crippen molar-refractivity contribution >= 4 is 5.91 Å². The fourth-order valence-electron chi connectivity index (χ4n) is 3.01. The molecule has 5 heteroatoms. The third kappa shape index (κ3) is 4.44. The molecule has 2 N–H and O–H groups in total. The van der Waals surface area contributed by atoms with Crippen LogP contribution in [0.1, 0.15) is 32.1 Å². The molecule has 19 heavy (non-hydrogen) atoms. The first-order chi connectivity index (χ1) is 9.24. The second-order valence-electron chi connectivity index (χ2n) is 5.80. The normalized spacial score (nSPS) is 26.3. The zero-order chi connectivity index (χ0) is 13.6. The molecule has 0 saturated carbocycles. The predicted molar refractivity (Wildman–Crippen MR) is 73.0 cm³/mol. The summed E-state index contributed by atoms with van der Waals surface area (Å²) in [6.45, 7) is 4.25. The number of piperidine rings is 1. The summed E-state index contributed by atoms with van der Waals surface area (Å²) in [5.74, 6) is 0.112. The van der Waals surface area contributed by atoms with Crippen molar-refractivity contribution in [2.24, 2.45) is 5.41 Å². The molecule has 0 spiro atoms. The van der Waals surface area contributed by atoms with Crippen LogP contribution in [0.5, 0.6) is 0 Å². The van der Waals surface area contributed by atoms with E-state index >= 15 is 0 Å². The van der Waals surface area contributed by atoms with Crippen LogP contribution in [0, 0.1) is 5.41 Å². The Bertz CT molecular complexity index is 279. The molecule has 5 nitrogen and oxygen atoms in total. The van der Waals surface area contributed by atoms with Crippen molar-refractivity contribution < 1.29 is 14.3 Å². The minimum absolute atomic E-state index is 0.103. The average molecular weight is 270 g/mol. The Kier molecular flexibility index (Phi) is 5.60. The van der Waals surface area contributed by atoms with E-state index in [1.807, 2.05) is 0 Å². The Morgan fingerprint density at radius 2 is 2.26 bits per heavy atom. The van der Waals surface area contributed by atoms with Gasteiger partial charge in [0, 0.05) is 25.7 Å². The van der Waals surface area contributed by atoms with Crippen molar-refractivity contribution in [2.75, 3.05) is 40.0 Å². The number of carbonyl (C=O) groups is 1. The molecule has 0 aliphatic carbocycles. The van der Waals surface area contributed by atoms with Crippen molar-refractivity contribution in [3.8, 4) is 0 Å². The summed E-state index contributed by atoms with van der Waals surface area (Å²) in [5, 5.41) is 6.43. The quantitative estimate of drug-likeness (QED) is 0.745. The minimum Gasteiger partial charge on any atom is -0.384 e. The van der Waals surface area contributed by atoms with Crippen LogP contribution >= 0.6 is 0 Å². The van der Waals surface area contributed by atoms with Crippen molar-refractivity contribution in [3.05, 3.63) is 0 Å². The number of hydrogen-bond donors (Lipinski definition) is 2. The molecule has 2 aliphatic heterocycles. The Morgan fingerprint density at radius 3 is 2.89 bits per heavy atom. The molecule has 2 fully saturated rings. The third-order valence-corrected chi connectivity index (χ3v) is 4.21. The Balaban J connectivity index is 1.75. The summed E-state index contributed by atoms with van der Waals surface area (Å²) in [5.41, 5.74) is 0.103. The van der Waals surface area contributed by atoms with Gasteiger partial charge in [0.2, 0.25) is 5.91 Å². The van der Waals surface area contributed by atoms with E-state index in [0.29, 0.717) is 13.0 Å². The number of amides is 1. The van der Waals surface area contributed by atoms with Crippen molar-refractivity contribution in [1.29, 1.82) is 0 Å². The summed E-state index contributed by atoms with van der Waals surface area (Å²) in [6, 6.07) is 0. The van der Waals surface area contributed by atoms with Gasteiger partial charge in [0.05, 0.1) is 19.1 Å². The highest BCUT2D eigenvalue weighted by Gasteiger charge is 2.32. The zero-order valence-corrected chi connectivity index (χ0v) is 11.9. The van der Waals surface area contributed by atoms with Gasteiger partial charge in [-0.1, -0.05) is 0 Å². The molecule has 110 valence electrons. The maximum atomic E-state index is 11.9. The van der Waals surface area contributed by atoms with Gasteiger partial charge in [0.15, 0.2) is 0 Å². The third-order valence-electron chi connectivity index (χ3n) is 4.21. The maximum Gasteiger partial charge on any atom is 0.222 e. The van der Waals surface area contributed by atoms with Crippen LogP contribution in [-0.4, -0.2) is 52.0 Å². The lowest BCUT2D eigenvalue weighted by Crippen LogP contribution is -2.47. The van der Waals surface area contributed by atoms with E-state index in [-0.39, 0.29) is 17.4 Å². The van der Waals surface area contributed by atoms with Gasteiger partial charge in [0.25, 0.3) is 0 Å². The first kappa shape index (κ1) is 14.8. The number of carbonyl (C=O) groups excluding carboxylic acids is 1. The molecule has 2 saturated heterocycles. The topological polar surface area (TPSA) is 59.6 Å². The average Bonchev–Trinajstić information content (AvgIpc) is 2.91. The number of hydrogen-bond acceptors (Lipinski definition) is 4. The molecule has 2 heterocycles. The zero-order valence-electron chi connectivity index (χ0n) is 11.9. The SMILES string of the molecule is COCC1(CNC(=O)CC2CCCO2)CCNCC1. The van der Waals surface area contributed by atoms with Gasteiger partial charge in [-0.25, -0.2) is 0 Å². The van der Waals surface area contributed by atoms with Crippen LogP contribution in [0.4, 0.5) is 0 Å². The lowest BCUT2D eigenvalue weighted by atomic mass is 9.79. The van der Waals surface area contributed by atoms with Crippen LogP contribution in [-0.2, 0) is 14.3 Å². The number of nitrogens with one attached hydrogen (secondary N) is 2. The molecular formula is C14H26N2O3. The van der Waals surface area contributed by atoms with E-state index < -0.39 is 0 Å². The molecule has 0 aromatic heterocycles. The van der Waals surface area contributed by atoms with Gasteiger partial charge in [-0.2, -0.15) is 0 Å². The second kappa shape index (κ2) is 7.22. The highest BCUT2D eigenvalue weighted by Crippen LogP contribution is 2.28. The van der Waals surface area contributed by atoms with Gasteiger partial charge in [-0.05, 0) is 38.8 Å². The van der Waals surface area contributed by atoms with E-state index in [1.54, 1.807) is 7.11 Å². The van der Waals surface area contributed by atoms with Crippen molar-refractivity contribution in [1.82, 2.24) is 10.6 Å². The van der Waals surface area contributed by atoms with E-state index in [4.69, 9.17) is 9.47 Å². The molecule has 1 atom stereocenters. The minimum atomic E-state index is 0.103. The fourth-order valence-corrected chi connectivity index (χ4v) is 3.01. The Morgan fingerprint density at radius 1 is 1.47 bits per heavy atom. The van der Waals surface area contributed by atoms with Gasteiger partial charge >= 0.3 is 0 Å². The van der Waals surface area contributed by atoms with Crippen molar-refractivity contribution in [3.63, 3.8) is 0 Å². The monoisotopic (exact) mass is 270 g/mol. The lowest BCUT2D eigenvalue weighted by molar-refractivity contribution is -0.124. The van der Waals surface area contributed by atoms with Crippen LogP contribution in [0.3, 0.4) is 0 Å². The molecular weight excluding hydrogens is 244 g/mol. The molecule has 0 bridgehead atoms. The van der Waals surface area contributed by atoms with Gasteiger partial charge in [0.1, 0.15) is 0 Å². The van der Waals surface area contributed by atoms with Crippen LogP contribution in [0.2, 0.25) is 0 Å². The first-order valence-corrected chi connectivity index (χ1v) is 7.32. The highest BCUT2D eigenvalue weighted by atomic mass is 16.5. The van der Waals surface area contributed by atoms with Crippen LogP contribution in [0.25, 0.3) is 0 Å².